The van der Waals surface area contributed by atoms with Gasteiger partial charge in [-0.05, 0) is 37.8 Å². The Balaban J connectivity index is 1.74. The summed E-state index contributed by atoms with van der Waals surface area (Å²) in [5.41, 5.74) is 8.09. The second-order valence-corrected chi connectivity index (χ2v) is 5.17. The minimum absolute atomic E-state index is 0.401. The number of rotatable bonds is 2. The van der Waals surface area contributed by atoms with Crippen LogP contribution in [0.5, 0.6) is 0 Å². The van der Waals surface area contributed by atoms with E-state index in [1.54, 1.807) is 0 Å². The van der Waals surface area contributed by atoms with Crippen LogP contribution in [0.25, 0.3) is 10.9 Å². The first-order chi connectivity index (χ1) is 8.81. The molecule has 1 fully saturated rings. The summed E-state index contributed by atoms with van der Waals surface area (Å²) in [6.07, 6.45) is 6.50. The number of nitrogens with one attached hydrogen (secondary N) is 1. The molecule has 0 aliphatic heterocycles. The van der Waals surface area contributed by atoms with E-state index in [1.807, 2.05) is 24.4 Å². The van der Waals surface area contributed by atoms with Crippen LogP contribution in [0.1, 0.15) is 25.7 Å². The summed E-state index contributed by atoms with van der Waals surface area (Å²) in [7, 11) is 0. The van der Waals surface area contributed by atoms with Gasteiger partial charge >= 0.3 is 0 Å². The molecule has 1 aliphatic carbocycles. The van der Waals surface area contributed by atoms with Crippen molar-refractivity contribution in [2.45, 2.75) is 37.8 Å². The van der Waals surface area contributed by atoms with Crippen molar-refractivity contribution in [3.05, 3.63) is 36.5 Å². The zero-order valence-electron chi connectivity index (χ0n) is 10.5. The van der Waals surface area contributed by atoms with Crippen LogP contribution in [0.3, 0.4) is 0 Å². The van der Waals surface area contributed by atoms with Crippen molar-refractivity contribution in [1.82, 2.24) is 4.98 Å². The number of hydrogen-bond donors (Lipinski definition) is 2. The molecule has 94 valence electrons. The maximum atomic E-state index is 5.92. The van der Waals surface area contributed by atoms with Crippen LogP contribution < -0.4 is 11.1 Å². The van der Waals surface area contributed by atoms with Gasteiger partial charge in [0.15, 0.2) is 0 Å². The maximum Gasteiger partial charge on any atom is 0.0703 e. The van der Waals surface area contributed by atoms with Gasteiger partial charge in [-0.3, -0.25) is 4.98 Å². The smallest absolute Gasteiger partial charge is 0.0703 e. The summed E-state index contributed by atoms with van der Waals surface area (Å²) in [6.45, 7) is 0. The summed E-state index contributed by atoms with van der Waals surface area (Å²) in [5.74, 6) is 0. The van der Waals surface area contributed by atoms with Crippen molar-refractivity contribution < 1.29 is 0 Å². The van der Waals surface area contributed by atoms with Crippen LogP contribution in [-0.2, 0) is 0 Å². The molecule has 0 radical (unpaired) electrons. The molecule has 18 heavy (non-hydrogen) atoms. The highest BCUT2D eigenvalue weighted by Gasteiger charge is 2.18. The van der Waals surface area contributed by atoms with Crippen molar-refractivity contribution in [2.75, 3.05) is 5.32 Å². The molecule has 1 aromatic carbocycles. The molecule has 0 spiro atoms. The monoisotopic (exact) mass is 241 g/mol. The molecule has 1 heterocycles. The van der Waals surface area contributed by atoms with Crippen molar-refractivity contribution in [3.63, 3.8) is 0 Å². The zero-order valence-corrected chi connectivity index (χ0v) is 10.5. The quantitative estimate of drug-likeness (QED) is 0.850. The standard InChI is InChI=1S/C15H19N3/c16-12-5-7-13(8-6-12)18-14-9-11-3-1-2-4-15(11)17-10-14/h1-4,9-10,12-13,18H,5-8,16H2. The lowest BCUT2D eigenvalue weighted by atomic mass is 9.92. The topological polar surface area (TPSA) is 50.9 Å². The maximum absolute atomic E-state index is 5.92. The van der Waals surface area contributed by atoms with Crippen molar-refractivity contribution in [1.29, 1.82) is 0 Å². The lowest BCUT2D eigenvalue weighted by Gasteiger charge is -2.27. The number of nitrogens with zero attached hydrogens (tertiary/aromatic N) is 1. The van der Waals surface area contributed by atoms with Crippen LogP contribution in [0.4, 0.5) is 5.69 Å². The second kappa shape index (κ2) is 4.94. The van der Waals surface area contributed by atoms with Gasteiger partial charge in [-0.1, -0.05) is 18.2 Å². The number of pyridine rings is 1. The molecule has 1 aliphatic rings. The zero-order chi connectivity index (χ0) is 12.4. The van der Waals surface area contributed by atoms with E-state index in [-0.39, 0.29) is 0 Å². The Morgan fingerprint density at radius 2 is 1.89 bits per heavy atom. The fraction of sp³-hybridized carbons (Fsp3) is 0.400. The van der Waals surface area contributed by atoms with Crippen molar-refractivity contribution >= 4 is 16.6 Å². The number of anilines is 1. The van der Waals surface area contributed by atoms with Gasteiger partial charge in [0.2, 0.25) is 0 Å². The van der Waals surface area contributed by atoms with Crippen LogP contribution in [-0.4, -0.2) is 17.1 Å². The molecule has 3 N–H and O–H groups in total. The van der Waals surface area contributed by atoms with Gasteiger partial charge in [-0.2, -0.15) is 0 Å². The first-order valence-corrected chi connectivity index (χ1v) is 6.68. The summed E-state index contributed by atoms with van der Waals surface area (Å²) in [6, 6.07) is 11.3. The Hall–Kier alpha value is -1.61. The molecule has 0 saturated heterocycles. The van der Waals surface area contributed by atoms with Crippen LogP contribution in [0.2, 0.25) is 0 Å². The molecular weight excluding hydrogens is 222 g/mol. The lowest BCUT2D eigenvalue weighted by molar-refractivity contribution is 0.411. The fourth-order valence-corrected chi connectivity index (χ4v) is 2.65. The molecule has 2 aromatic rings. The van der Waals surface area contributed by atoms with Crippen LogP contribution >= 0.6 is 0 Å². The van der Waals surface area contributed by atoms with Crippen molar-refractivity contribution in [2.24, 2.45) is 5.73 Å². The van der Waals surface area contributed by atoms with Gasteiger partial charge in [-0.25, -0.2) is 0 Å². The molecule has 0 atom stereocenters. The second-order valence-electron chi connectivity index (χ2n) is 5.17. The highest BCUT2D eigenvalue weighted by molar-refractivity contribution is 5.81. The molecule has 0 amide bonds. The van der Waals surface area contributed by atoms with Gasteiger partial charge in [0.05, 0.1) is 17.4 Å². The Morgan fingerprint density at radius 1 is 1.11 bits per heavy atom. The van der Waals surface area contributed by atoms with Crippen LogP contribution in [0.15, 0.2) is 36.5 Å². The van der Waals surface area contributed by atoms with E-state index < -0.39 is 0 Å². The van der Waals surface area contributed by atoms with E-state index in [0.29, 0.717) is 12.1 Å². The minimum Gasteiger partial charge on any atom is -0.381 e. The number of aromatic nitrogens is 1. The highest BCUT2D eigenvalue weighted by Crippen LogP contribution is 2.22. The third-order valence-electron chi connectivity index (χ3n) is 3.73. The number of fused-ring (bicyclic) bond motifs is 1. The van der Waals surface area contributed by atoms with Gasteiger partial charge in [0, 0.05) is 17.5 Å². The third kappa shape index (κ3) is 2.46. The van der Waals surface area contributed by atoms with E-state index >= 15 is 0 Å². The van der Waals surface area contributed by atoms with E-state index in [1.165, 1.54) is 5.39 Å². The van der Waals surface area contributed by atoms with Crippen molar-refractivity contribution in [3.8, 4) is 0 Å². The van der Waals surface area contributed by atoms with E-state index in [4.69, 9.17) is 5.73 Å². The molecule has 1 aromatic heterocycles. The average Bonchev–Trinajstić information content (AvgIpc) is 2.41. The Labute approximate surface area is 107 Å². The fourth-order valence-electron chi connectivity index (χ4n) is 2.65. The van der Waals surface area contributed by atoms with Crippen LogP contribution in [0, 0.1) is 0 Å². The predicted molar refractivity (Wildman–Crippen MR) is 75.6 cm³/mol. The molecule has 0 bridgehead atoms. The van der Waals surface area contributed by atoms with Gasteiger partial charge < -0.3 is 11.1 Å². The SMILES string of the molecule is NC1CCC(Nc2cnc3ccccc3c2)CC1. The summed E-state index contributed by atoms with van der Waals surface area (Å²) in [4.78, 5) is 4.47. The Kier molecular flexibility index (Phi) is 3.15. The van der Waals surface area contributed by atoms with E-state index in [2.05, 4.69) is 22.4 Å². The molecule has 3 rings (SSSR count). The molecular formula is C15H19N3. The average molecular weight is 241 g/mol. The number of para-hydroxylation sites is 1. The Morgan fingerprint density at radius 3 is 2.72 bits per heavy atom. The number of nitrogens with two attached hydrogens (primary N) is 1. The van der Waals surface area contributed by atoms with E-state index in [9.17, 15) is 0 Å². The summed E-state index contributed by atoms with van der Waals surface area (Å²) in [5, 5.41) is 4.77. The predicted octanol–water partition coefficient (Wildman–Crippen LogP) is 2.92. The number of hydrogen-bond acceptors (Lipinski definition) is 3. The molecule has 1 saturated carbocycles. The number of benzene rings is 1. The van der Waals surface area contributed by atoms with Gasteiger partial charge in [0.25, 0.3) is 0 Å². The molecule has 3 nitrogen and oxygen atoms in total. The third-order valence-corrected chi connectivity index (χ3v) is 3.73. The minimum atomic E-state index is 0.401. The van der Waals surface area contributed by atoms with Gasteiger partial charge in [-0.15, -0.1) is 0 Å². The normalized spacial score (nSPS) is 24.1. The Bertz CT molecular complexity index is 530. The lowest BCUT2D eigenvalue weighted by Crippen LogP contribution is -2.32. The summed E-state index contributed by atoms with van der Waals surface area (Å²) >= 11 is 0. The summed E-state index contributed by atoms with van der Waals surface area (Å²) < 4.78 is 0. The molecule has 0 unspecified atom stereocenters. The highest BCUT2D eigenvalue weighted by atomic mass is 14.9. The largest absolute Gasteiger partial charge is 0.381 e. The first kappa shape index (κ1) is 11.5. The van der Waals surface area contributed by atoms with Gasteiger partial charge in [0.1, 0.15) is 0 Å². The van der Waals surface area contributed by atoms with E-state index in [0.717, 1.165) is 36.9 Å². The first-order valence-electron chi connectivity index (χ1n) is 6.68. The molecule has 3 heteroatoms.